The lowest BCUT2D eigenvalue weighted by Gasteiger charge is -2.12. The van der Waals surface area contributed by atoms with E-state index in [0.717, 1.165) is 40.3 Å². The maximum atomic E-state index is 13.2. The molecule has 0 spiro atoms. The van der Waals surface area contributed by atoms with Crippen molar-refractivity contribution in [1.29, 1.82) is 0 Å². The molecule has 0 radical (unpaired) electrons. The first-order valence-corrected chi connectivity index (χ1v) is 8.94. The van der Waals surface area contributed by atoms with Crippen LogP contribution in [-0.2, 0) is 12.6 Å². The SMILES string of the molecule is Cc1cccc(-n2nc(-c3cc(C(F)(F)F)ccc3Cl)c3c2NCC3)c1C. The molecule has 2 heterocycles. The number of anilines is 1. The minimum absolute atomic E-state index is 0.253. The number of hydrogen-bond acceptors (Lipinski definition) is 2. The highest BCUT2D eigenvalue weighted by Crippen LogP contribution is 2.40. The third kappa shape index (κ3) is 2.98. The highest BCUT2D eigenvalue weighted by molar-refractivity contribution is 6.33. The zero-order valence-corrected chi connectivity index (χ0v) is 15.5. The molecule has 1 aromatic heterocycles. The van der Waals surface area contributed by atoms with Gasteiger partial charge in [0.15, 0.2) is 0 Å². The molecule has 1 aliphatic rings. The molecule has 7 heteroatoms. The molecule has 0 bridgehead atoms. The Bertz CT molecular complexity index is 1040. The van der Waals surface area contributed by atoms with Gasteiger partial charge in [0.05, 0.1) is 22.0 Å². The highest BCUT2D eigenvalue weighted by atomic mass is 35.5. The molecule has 1 N–H and O–H groups in total. The van der Waals surface area contributed by atoms with Gasteiger partial charge < -0.3 is 5.32 Å². The third-order valence-corrected chi connectivity index (χ3v) is 5.33. The molecule has 4 rings (SSSR count). The molecule has 0 saturated heterocycles. The quantitative estimate of drug-likeness (QED) is 0.598. The van der Waals surface area contributed by atoms with Gasteiger partial charge in [-0.3, -0.25) is 0 Å². The van der Waals surface area contributed by atoms with Crippen LogP contribution in [0.5, 0.6) is 0 Å². The van der Waals surface area contributed by atoms with E-state index in [1.165, 1.54) is 6.07 Å². The molecular formula is C20H17ClF3N3. The topological polar surface area (TPSA) is 29.9 Å². The second-order valence-corrected chi connectivity index (χ2v) is 7.08. The van der Waals surface area contributed by atoms with Crippen LogP contribution in [-0.4, -0.2) is 16.3 Å². The number of hydrogen-bond donors (Lipinski definition) is 1. The summed E-state index contributed by atoms with van der Waals surface area (Å²) < 4.78 is 41.3. The van der Waals surface area contributed by atoms with Gasteiger partial charge in [-0.25, -0.2) is 4.68 Å². The molecular weight excluding hydrogens is 375 g/mol. The first-order valence-electron chi connectivity index (χ1n) is 8.57. The largest absolute Gasteiger partial charge is 0.416 e. The van der Waals surface area contributed by atoms with E-state index in [9.17, 15) is 13.2 Å². The van der Waals surface area contributed by atoms with Gasteiger partial charge in [-0.1, -0.05) is 23.7 Å². The number of halogens is 4. The van der Waals surface area contributed by atoms with Gasteiger partial charge in [-0.15, -0.1) is 0 Å². The Morgan fingerprint density at radius 3 is 2.67 bits per heavy atom. The van der Waals surface area contributed by atoms with E-state index in [2.05, 4.69) is 10.4 Å². The highest BCUT2D eigenvalue weighted by Gasteiger charge is 2.32. The van der Waals surface area contributed by atoms with Crippen LogP contribution in [0.2, 0.25) is 5.02 Å². The van der Waals surface area contributed by atoms with E-state index in [-0.39, 0.29) is 5.02 Å². The van der Waals surface area contributed by atoms with Crippen molar-refractivity contribution in [2.45, 2.75) is 26.4 Å². The third-order valence-electron chi connectivity index (χ3n) is 5.00. The Labute approximate surface area is 159 Å². The molecule has 2 aromatic carbocycles. The van der Waals surface area contributed by atoms with E-state index in [1.54, 1.807) is 4.68 Å². The lowest BCUT2D eigenvalue weighted by atomic mass is 10.0. The van der Waals surface area contributed by atoms with Crippen molar-refractivity contribution in [3.63, 3.8) is 0 Å². The second-order valence-electron chi connectivity index (χ2n) is 6.68. The zero-order chi connectivity index (χ0) is 19.3. The standard InChI is InChI=1S/C20H17ClF3N3/c1-11-4-3-5-17(12(11)2)27-19-14(8-9-25-19)18(26-27)15-10-13(20(22,23)24)6-7-16(15)21/h3-7,10,25H,8-9H2,1-2H3. The number of aromatic nitrogens is 2. The Hall–Kier alpha value is -2.47. The van der Waals surface area contributed by atoms with Gasteiger partial charge in [0.25, 0.3) is 0 Å². The first kappa shape index (κ1) is 17.9. The molecule has 3 aromatic rings. The van der Waals surface area contributed by atoms with E-state index < -0.39 is 11.7 Å². The summed E-state index contributed by atoms with van der Waals surface area (Å²) in [6, 6.07) is 9.26. The van der Waals surface area contributed by atoms with Crippen LogP contribution < -0.4 is 5.32 Å². The van der Waals surface area contributed by atoms with Gasteiger partial charge in [0, 0.05) is 17.7 Å². The van der Waals surface area contributed by atoms with Crippen molar-refractivity contribution in [2.75, 3.05) is 11.9 Å². The van der Waals surface area contributed by atoms with Crippen LogP contribution in [0.25, 0.3) is 16.9 Å². The Balaban J connectivity index is 1.93. The van der Waals surface area contributed by atoms with Crippen molar-refractivity contribution < 1.29 is 13.2 Å². The number of rotatable bonds is 2. The summed E-state index contributed by atoms with van der Waals surface area (Å²) in [6.07, 6.45) is -3.75. The summed E-state index contributed by atoms with van der Waals surface area (Å²) in [6.45, 7) is 4.73. The minimum Gasteiger partial charge on any atom is -0.369 e. The first-order chi connectivity index (χ1) is 12.8. The lowest BCUT2D eigenvalue weighted by molar-refractivity contribution is -0.137. The predicted octanol–water partition coefficient (Wildman–Crippen LogP) is 5.80. The van der Waals surface area contributed by atoms with E-state index in [0.29, 0.717) is 24.2 Å². The van der Waals surface area contributed by atoms with Crippen LogP contribution in [0.1, 0.15) is 22.3 Å². The fraction of sp³-hybridized carbons (Fsp3) is 0.250. The Morgan fingerprint density at radius 1 is 1.15 bits per heavy atom. The molecule has 0 aliphatic carbocycles. The molecule has 1 aliphatic heterocycles. The van der Waals surface area contributed by atoms with Crippen LogP contribution >= 0.6 is 11.6 Å². The maximum Gasteiger partial charge on any atom is 0.416 e. The fourth-order valence-electron chi connectivity index (χ4n) is 3.41. The number of nitrogens with zero attached hydrogens (tertiary/aromatic N) is 2. The molecule has 0 saturated carbocycles. The van der Waals surface area contributed by atoms with Gasteiger partial charge in [-0.05, 0) is 55.7 Å². The maximum absolute atomic E-state index is 13.2. The van der Waals surface area contributed by atoms with Gasteiger partial charge in [0.2, 0.25) is 0 Å². The molecule has 0 amide bonds. The monoisotopic (exact) mass is 391 g/mol. The van der Waals surface area contributed by atoms with Gasteiger partial charge in [0.1, 0.15) is 5.82 Å². The number of alkyl halides is 3. The fourth-order valence-corrected chi connectivity index (χ4v) is 3.62. The number of aryl methyl sites for hydroxylation is 1. The summed E-state index contributed by atoms with van der Waals surface area (Å²) in [5.74, 6) is 0.812. The van der Waals surface area contributed by atoms with Crippen LogP contribution in [0, 0.1) is 13.8 Å². The van der Waals surface area contributed by atoms with Crippen molar-refractivity contribution in [1.82, 2.24) is 9.78 Å². The summed E-state index contributed by atoms with van der Waals surface area (Å²) in [5.41, 5.74) is 4.03. The second kappa shape index (κ2) is 6.30. The molecule has 3 nitrogen and oxygen atoms in total. The minimum atomic E-state index is -4.43. The Morgan fingerprint density at radius 2 is 1.93 bits per heavy atom. The van der Waals surface area contributed by atoms with Gasteiger partial charge in [-0.2, -0.15) is 18.3 Å². The van der Waals surface area contributed by atoms with Crippen molar-refractivity contribution in [3.05, 3.63) is 63.7 Å². The van der Waals surface area contributed by atoms with Crippen molar-refractivity contribution in [3.8, 4) is 16.9 Å². The summed E-state index contributed by atoms with van der Waals surface area (Å²) in [4.78, 5) is 0. The molecule has 27 heavy (non-hydrogen) atoms. The van der Waals surface area contributed by atoms with E-state index in [1.807, 2.05) is 32.0 Å². The molecule has 0 atom stereocenters. The normalized spacial score (nSPS) is 13.6. The van der Waals surface area contributed by atoms with Gasteiger partial charge >= 0.3 is 6.18 Å². The summed E-state index contributed by atoms with van der Waals surface area (Å²) >= 11 is 6.26. The molecule has 0 fully saturated rings. The van der Waals surface area contributed by atoms with Crippen LogP contribution in [0.15, 0.2) is 36.4 Å². The average molecular weight is 392 g/mol. The zero-order valence-electron chi connectivity index (χ0n) is 14.8. The van der Waals surface area contributed by atoms with E-state index >= 15 is 0 Å². The van der Waals surface area contributed by atoms with Crippen molar-refractivity contribution in [2.24, 2.45) is 0 Å². The van der Waals surface area contributed by atoms with Crippen LogP contribution in [0.4, 0.5) is 19.0 Å². The smallest absolute Gasteiger partial charge is 0.369 e. The molecule has 140 valence electrons. The average Bonchev–Trinajstić information content (AvgIpc) is 3.20. The van der Waals surface area contributed by atoms with E-state index in [4.69, 9.17) is 11.6 Å². The summed E-state index contributed by atoms with van der Waals surface area (Å²) in [7, 11) is 0. The van der Waals surface area contributed by atoms with Crippen molar-refractivity contribution >= 4 is 17.4 Å². The summed E-state index contributed by atoms with van der Waals surface area (Å²) in [5, 5.41) is 8.22. The number of fused-ring (bicyclic) bond motifs is 1. The lowest BCUT2D eigenvalue weighted by Crippen LogP contribution is -2.07. The number of nitrogens with one attached hydrogen (secondary N) is 1. The predicted molar refractivity (Wildman–Crippen MR) is 101 cm³/mol. The molecule has 0 unspecified atom stereocenters. The Kier molecular flexibility index (Phi) is 4.18. The van der Waals surface area contributed by atoms with Crippen LogP contribution in [0.3, 0.4) is 0 Å². The number of benzene rings is 2.